The fourth-order valence-electron chi connectivity index (χ4n) is 1.85. The van der Waals surface area contributed by atoms with E-state index in [1.54, 1.807) is 0 Å². The molecule has 1 atom stereocenters. The second-order valence-electron chi connectivity index (χ2n) is 4.00. The molecular formula is C11H18N2S2. The zero-order valence-electron chi connectivity index (χ0n) is 9.11. The van der Waals surface area contributed by atoms with Crippen LogP contribution in [0.25, 0.3) is 0 Å². The van der Waals surface area contributed by atoms with Crippen LogP contribution in [0.4, 0.5) is 0 Å². The molecule has 0 saturated carbocycles. The molecule has 1 unspecified atom stereocenters. The Morgan fingerprint density at radius 3 is 3.20 bits per heavy atom. The van der Waals surface area contributed by atoms with E-state index in [-0.39, 0.29) is 0 Å². The van der Waals surface area contributed by atoms with Crippen molar-refractivity contribution in [2.24, 2.45) is 0 Å². The zero-order valence-corrected chi connectivity index (χ0v) is 10.7. The van der Waals surface area contributed by atoms with E-state index in [4.69, 9.17) is 0 Å². The van der Waals surface area contributed by atoms with Gasteiger partial charge in [0.25, 0.3) is 0 Å². The summed E-state index contributed by atoms with van der Waals surface area (Å²) in [5, 5.41) is 5.72. The third-order valence-corrected chi connectivity index (χ3v) is 4.53. The molecule has 0 aliphatic carbocycles. The van der Waals surface area contributed by atoms with E-state index in [2.05, 4.69) is 46.5 Å². The van der Waals surface area contributed by atoms with Crippen molar-refractivity contribution in [3.63, 3.8) is 0 Å². The molecule has 15 heavy (non-hydrogen) atoms. The van der Waals surface area contributed by atoms with E-state index >= 15 is 0 Å². The van der Waals surface area contributed by atoms with Crippen LogP contribution in [-0.2, 0) is 6.54 Å². The van der Waals surface area contributed by atoms with E-state index in [0.29, 0.717) is 6.04 Å². The first-order valence-electron chi connectivity index (χ1n) is 5.36. The molecule has 1 aromatic rings. The van der Waals surface area contributed by atoms with Crippen LogP contribution in [-0.4, -0.2) is 42.6 Å². The van der Waals surface area contributed by atoms with Gasteiger partial charge in [-0.05, 0) is 18.5 Å². The fourth-order valence-corrected chi connectivity index (χ4v) is 3.57. The van der Waals surface area contributed by atoms with Crippen molar-refractivity contribution >= 4 is 23.1 Å². The van der Waals surface area contributed by atoms with Gasteiger partial charge in [0.15, 0.2) is 0 Å². The van der Waals surface area contributed by atoms with Gasteiger partial charge >= 0.3 is 0 Å². The standard InChI is InChI=1S/C11H18N2S2/c1-13(8-11-3-2-5-15-11)7-10-9-14-6-4-12-10/h2-3,5,10,12H,4,6-9H2,1H3. The minimum absolute atomic E-state index is 0.675. The summed E-state index contributed by atoms with van der Waals surface area (Å²) in [6.07, 6.45) is 0. The molecule has 0 amide bonds. The van der Waals surface area contributed by atoms with E-state index in [1.807, 2.05) is 11.3 Å². The summed E-state index contributed by atoms with van der Waals surface area (Å²) in [6.45, 7) is 3.41. The Kier molecular flexibility index (Phi) is 4.50. The smallest absolute Gasteiger partial charge is 0.0325 e. The van der Waals surface area contributed by atoms with Crippen LogP contribution in [0.5, 0.6) is 0 Å². The first-order chi connectivity index (χ1) is 7.34. The number of hydrogen-bond acceptors (Lipinski definition) is 4. The van der Waals surface area contributed by atoms with Gasteiger partial charge in [0.2, 0.25) is 0 Å². The fraction of sp³-hybridized carbons (Fsp3) is 0.636. The highest BCUT2D eigenvalue weighted by atomic mass is 32.2. The van der Waals surface area contributed by atoms with Crippen molar-refractivity contribution in [3.8, 4) is 0 Å². The minimum Gasteiger partial charge on any atom is -0.311 e. The van der Waals surface area contributed by atoms with Gasteiger partial charge in [-0.25, -0.2) is 0 Å². The summed E-state index contributed by atoms with van der Waals surface area (Å²) >= 11 is 3.91. The Balaban J connectivity index is 1.74. The lowest BCUT2D eigenvalue weighted by Crippen LogP contribution is -2.44. The number of nitrogens with zero attached hydrogens (tertiary/aromatic N) is 1. The molecule has 1 N–H and O–H groups in total. The van der Waals surface area contributed by atoms with Gasteiger partial charge in [-0.1, -0.05) is 6.07 Å². The van der Waals surface area contributed by atoms with E-state index < -0.39 is 0 Å². The van der Waals surface area contributed by atoms with Crippen LogP contribution in [0, 0.1) is 0 Å². The van der Waals surface area contributed by atoms with Crippen LogP contribution in [0.2, 0.25) is 0 Å². The molecule has 2 rings (SSSR count). The maximum Gasteiger partial charge on any atom is 0.0325 e. The van der Waals surface area contributed by atoms with Gasteiger partial charge in [-0.15, -0.1) is 11.3 Å². The molecule has 0 spiro atoms. The molecule has 1 aromatic heterocycles. The number of nitrogens with one attached hydrogen (secondary N) is 1. The quantitative estimate of drug-likeness (QED) is 0.868. The van der Waals surface area contributed by atoms with Crippen molar-refractivity contribution in [3.05, 3.63) is 22.4 Å². The van der Waals surface area contributed by atoms with Crippen molar-refractivity contribution in [1.82, 2.24) is 10.2 Å². The summed E-state index contributed by atoms with van der Waals surface area (Å²) in [4.78, 5) is 3.87. The summed E-state index contributed by atoms with van der Waals surface area (Å²) in [6, 6.07) is 5.01. The number of thioether (sulfide) groups is 1. The van der Waals surface area contributed by atoms with Gasteiger partial charge in [-0.3, -0.25) is 4.90 Å². The average molecular weight is 242 g/mol. The summed E-state index contributed by atoms with van der Waals surface area (Å²) in [5.74, 6) is 2.53. The molecule has 4 heteroatoms. The van der Waals surface area contributed by atoms with E-state index in [0.717, 1.165) is 13.1 Å². The van der Waals surface area contributed by atoms with Gasteiger partial charge < -0.3 is 5.32 Å². The molecule has 1 aliphatic rings. The monoisotopic (exact) mass is 242 g/mol. The largest absolute Gasteiger partial charge is 0.311 e. The summed E-state index contributed by atoms with van der Waals surface area (Å²) < 4.78 is 0. The molecule has 2 heterocycles. The lowest BCUT2D eigenvalue weighted by molar-refractivity contribution is 0.294. The lowest BCUT2D eigenvalue weighted by Gasteiger charge is -2.27. The van der Waals surface area contributed by atoms with Crippen LogP contribution >= 0.6 is 23.1 Å². The highest BCUT2D eigenvalue weighted by Crippen LogP contribution is 2.13. The van der Waals surface area contributed by atoms with Crippen molar-refractivity contribution in [2.75, 3.05) is 31.6 Å². The topological polar surface area (TPSA) is 15.3 Å². The van der Waals surface area contributed by atoms with Gasteiger partial charge in [0.05, 0.1) is 0 Å². The molecule has 0 bridgehead atoms. The first-order valence-corrected chi connectivity index (χ1v) is 7.40. The Morgan fingerprint density at radius 2 is 2.53 bits per heavy atom. The number of rotatable bonds is 4. The third kappa shape index (κ3) is 3.79. The first kappa shape index (κ1) is 11.5. The van der Waals surface area contributed by atoms with Gasteiger partial charge in [0, 0.05) is 42.1 Å². The third-order valence-electron chi connectivity index (χ3n) is 2.54. The molecule has 0 radical (unpaired) electrons. The summed E-state index contributed by atoms with van der Waals surface area (Å²) in [5.41, 5.74) is 0. The van der Waals surface area contributed by atoms with Crippen LogP contribution in [0.1, 0.15) is 4.88 Å². The predicted octanol–water partition coefficient (Wildman–Crippen LogP) is 1.88. The van der Waals surface area contributed by atoms with Crippen molar-refractivity contribution in [1.29, 1.82) is 0 Å². The van der Waals surface area contributed by atoms with E-state index in [9.17, 15) is 0 Å². The minimum atomic E-state index is 0.675. The second-order valence-corrected chi connectivity index (χ2v) is 6.18. The number of thiophene rings is 1. The molecule has 1 fully saturated rings. The highest BCUT2D eigenvalue weighted by Gasteiger charge is 2.14. The van der Waals surface area contributed by atoms with Crippen molar-refractivity contribution in [2.45, 2.75) is 12.6 Å². The molecular weight excluding hydrogens is 224 g/mol. The SMILES string of the molecule is CN(Cc1cccs1)CC1CSCCN1. The van der Waals surface area contributed by atoms with Crippen molar-refractivity contribution < 1.29 is 0 Å². The predicted molar refractivity (Wildman–Crippen MR) is 69.8 cm³/mol. The molecule has 1 aliphatic heterocycles. The molecule has 0 aromatic carbocycles. The van der Waals surface area contributed by atoms with Crippen LogP contribution in [0.15, 0.2) is 17.5 Å². The zero-order chi connectivity index (χ0) is 10.5. The number of hydrogen-bond donors (Lipinski definition) is 1. The Labute approximate surface area is 100 Å². The second kappa shape index (κ2) is 5.89. The normalized spacial score (nSPS) is 22.1. The lowest BCUT2D eigenvalue weighted by atomic mass is 10.3. The number of likely N-dealkylation sites (N-methyl/N-ethyl adjacent to an activating group) is 1. The maximum absolute atomic E-state index is 3.57. The Morgan fingerprint density at radius 1 is 1.60 bits per heavy atom. The van der Waals surface area contributed by atoms with Gasteiger partial charge in [0.1, 0.15) is 0 Å². The van der Waals surface area contributed by atoms with Crippen LogP contribution in [0.3, 0.4) is 0 Å². The maximum atomic E-state index is 3.57. The molecule has 84 valence electrons. The van der Waals surface area contributed by atoms with Crippen LogP contribution < -0.4 is 5.32 Å². The summed E-state index contributed by atoms with van der Waals surface area (Å²) in [7, 11) is 2.21. The Hall–Kier alpha value is -0.0300. The Bertz CT molecular complexity index is 268. The van der Waals surface area contributed by atoms with E-state index in [1.165, 1.54) is 22.9 Å². The molecule has 1 saturated heterocycles. The van der Waals surface area contributed by atoms with Gasteiger partial charge in [-0.2, -0.15) is 11.8 Å². The average Bonchev–Trinajstić information content (AvgIpc) is 2.71. The highest BCUT2D eigenvalue weighted by molar-refractivity contribution is 7.99. The molecule has 2 nitrogen and oxygen atoms in total.